The summed E-state index contributed by atoms with van der Waals surface area (Å²) in [5, 5.41) is 2.78. The molecule has 0 saturated carbocycles. The van der Waals surface area contributed by atoms with Crippen LogP contribution in [-0.2, 0) is 16.6 Å². The van der Waals surface area contributed by atoms with Gasteiger partial charge in [0.1, 0.15) is 0 Å². The molecule has 0 unspecified atom stereocenters. The number of nitrogens with two attached hydrogens (primary N) is 1. The van der Waals surface area contributed by atoms with Crippen LogP contribution in [0.2, 0.25) is 0 Å². The number of carbonyl (C=O) groups is 1. The molecule has 0 bridgehead atoms. The van der Waals surface area contributed by atoms with Gasteiger partial charge in [-0.1, -0.05) is 30.7 Å². The molecule has 138 valence electrons. The summed E-state index contributed by atoms with van der Waals surface area (Å²) in [5.74, 6) is -0.289. The van der Waals surface area contributed by atoms with Crippen LogP contribution in [0.25, 0.3) is 0 Å². The Bertz CT molecular complexity index is 890. The summed E-state index contributed by atoms with van der Waals surface area (Å²) >= 11 is 0. The van der Waals surface area contributed by atoms with Gasteiger partial charge in [0, 0.05) is 30.9 Å². The lowest BCUT2D eigenvalue weighted by Crippen LogP contribution is -2.36. The van der Waals surface area contributed by atoms with Gasteiger partial charge in [-0.15, -0.1) is 0 Å². The fourth-order valence-corrected chi connectivity index (χ4v) is 4.84. The number of nitrogen functional groups attached to an aromatic ring is 1. The molecule has 0 aromatic heterocycles. The van der Waals surface area contributed by atoms with Gasteiger partial charge in [-0.25, -0.2) is 8.42 Å². The lowest BCUT2D eigenvalue weighted by atomic mass is 10.1. The molecular weight excluding hydrogens is 350 g/mol. The quantitative estimate of drug-likeness (QED) is 0.787. The van der Waals surface area contributed by atoms with Crippen LogP contribution < -0.4 is 11.1 Å². The maximum absolute atomic E-state index is 13.0. The molecule has 7 heteroatoms. The van der Waals surface area contributed by atoms with Crippen LogP contribution in [-0.4, -0.2) is 31.7 Å². The lowest BCUT2D eigenvalue weighted by molar-refractivity contribution is 0.0950. The minimum absolute atomic E-state index is 0.136. The number of rotatable bonds is 5. The monoisotopic (exact) mass is 373 g/mol. The molecule has 2 aromatic carbocycles. The van der Waals surface area contributed by atoms with Gasteiger partial charge in [0.25, 0.3) is 5.91 Å². The molecular formula is C19H23N3O3S. The van der Waals surface area contributed by atoms with E-state index in [1.807, 2.05) is 0 Å². The third kappa shape index (κ3) is 4.05. The standard InChI is InChI=1S/C19H23N3O3S/c20-17-9-6-8-15(13-17)19(23)21-14-16-7-2-3-10-18(16)26(24,25)22-11-4-1-5-12-22/h2-3,6-10,13H,1,4-5,11-12,14,20H2,(H,21,23). The molecule has 3 rings (SSSR count). The summed E-state index contributed by atoms with van der Waals surface area (Å²) in [6.45, 7) is 1.23. The number of hydrogen-bond acceptors (Lipinski definition) is 4. The summed E-state index contributed by atoms with van der Waals surface area (Å²) in [6, 6.07) is 13.5. The molecule has 0 radical (unpaired) electrons. The van der Waals surface area contributed by atoms with Crippen molar-refractivity contribution in [2.45, 2.75) is 30.7 Å². The van der Waals surface area contributed by atoms with Crippen molar-refractivity contribution in [2.24, 2.45) is 0 Å². The van der Waals surface area contributed by atoms with Crippen molar-refractivity contribution in [2.75, 3.05) is 18.8 Å². The van der Waals surface area contributed by atoms with Gasteiger partial charge < -0.3 is 11.1 Å². The van der Waals surface area contributed by atoms with Gasteiger partial charge >= 0.3 is 0 Å². The summed E-state index contributed by atoms with van der Waals surface area (Å²) in [4.78, 5) is 12.6. The van der Waals surface area contributed by atoms with Crippen molar-refractivity contribution in [3.63, 3.8) is 0 Å². The number of sulfonamides is 1. The zero-order chi connectivity index (χ0) is 18.6. The van der Waals surface area contributed by atoms with Crippen molar-refractivity contribution in [1.82, 2.24) is 9.62 Å². The van der Waals surface area contributed by atoms with Crippen molar-refractivity contribution in [3.8, 4) is 0 Å². The Morgan fingerprint density at radius 1 is 1.04 bits per heavy atom. The van der Waals surface area contributed by atoms with E-state index in [1.54, 1.807) is 48.5 Å². The fourth-order valence-electron chi connectivity index (χ4n) is 3.10. The Balaban J connectivity index is 1.78. The highest BCUT2D eigenvalue weighted by atomic mass is 32.2. The summed E-state index contributed by atoms with van der Waals surface area (Å²) in [7, 11) is -3.55. The normalized spacial score (nSPS) is 15.5. The van der Waals surface area contributed by atoms with Crippen molar-refractivity contribution < 1.29 is 13.2 Å². The maximum atomic E-state index is 13.0. The topological polar surface area (TPSA) is 92.5 Å². The number of hydrogen-bond donors (Lipinski definition) is 2. The Morgan fingerprint density at radius 2 is 1.77 bits per heavy atom. The molecule has 1 fully saturated rings. The molecule has 2 aromatic rings. The number of nitrogens with one attached hydrogen (secondary N) is 1. The predicted octanol–water partition coefficient (Wildman–Crippen LogP) is 2.37. The van der Waals surface area contributed by atoms with Crippen LogP contribution in [0.3, 0.4) is 0 Å². The molecule has 0 atom stereocenters. The average Bonchev–Trinajstić information content (AvgIpc) is 2.67. The first-order valence-corrected chi connectivity index (χ1v) is 10.1. The van der Waals surface area contributed by atoms with Crippen LogP contribution >= 0.6 is 0 Å². The van der Waals surface area contributed by atoms with Gasteiger partial charge in [0.15, 0.2) is 0 Å². The molecule has 0 aliphatic carbocycles. The summed E-state index contributed by atoms with van der Waals surface area (Å²) in [6.07, 6.45) is 2.82. The fraction of sp³-hybridized carbons (Fsp3) is 0.316. The van der Waals surface area contributed by atoms with E-state index < -0.39 is 10.0 Å². The molecule has 1 aliphatic rings. The maximum Gasteiger partial charge on any atom is 0.251 e. The van der Waals surface area contributed by atoms with E-state index in [-0.39, 0.29) is 17.3 Å². The molecule has 1 amide bonds. The van der Waals surface area contributed by atoms with Crippen molar-refractivity contribution in [3.05, 3.63) is 59.7 Å². The third-order valence-corrected chi connectivity index (χ3v) is 6.49. The van der Waals surface area contributed by atoms with Crippen LogP contribution in [0.1, 0.15) is 35.2 Å². The number of anilines is 1. The van der Waals surface area contributed by atoms with Crippen LogP contribution in [0.5, 0.6) is 0 Å². The average molecular weight is 373 g/mol. The van der Waals surface area contributed by atoms with Gasteiger partial charge in [0.05, 0.1) is 4.90 Å². The second-order valence-electron chi connectivity index (χ2n) is 6.38. The first kappa shape index (κ1) is 18.4. The largest absolute Gasteiger partial charge is 0.399 e. The minimum Gasteiger partial charge on any atom is -0.399 e. The Labute approximate surface area is 154 Å². The minimum atomic E-state index is -3.55. The molecule has 1 heterocycles. The van der Waals surface area contributed by atoms with E-state index >= 15 is 0 Å². The zero-order valence-corrected chi connectivity index (χ0v) is 15.3. The molecule has 1 saturated heterocycles. The lowest BCUT2D eigenvalue weighted by Gasteiger charge is -2.26. The SMILES string of the molecule is Nc1cccc(C(=O)NCc2ccccc2S(=O)(=O)N2CCCCC2)c1. The van der Waals surface area contributed by atoms with Gasteiger partial charge in [-0.05, 0) is 42.7 Å². The highest BCUT2D eigenvalue weighted by Crippen LogP contribution is 2.23. The Hall–Kier alpha value is -2.38. The molecule has 1 aliphatic heterocycles. The van der Waals surface area contributed by atoms with Crippen molar-refractivity contribution >= 4 is 21.6 Å². The molecule has 3 N–H and O–H groups in total. The van der Waals surface area contributed by atoms with Crippen LogP contribution in [0, 0.1) is 0 Å². The zero-order valence-electron chi connectivity index (χ0n) is 14.5. The van der Waals surface area contributed by atoms with E-state index in [4.69, 9.17) is 5.73 Å². The summed E-state index contributed by atoms with van der Waals surface area (Å²) < 4.78 is 27.5. The van der Waals surface area contributed by atoms with Gasteiger partial charge in [-0.3, -0.25) is 4.79 Å². The van der Waals surface area contributed by atoms with Gasteiger partial charge in [-0.2, -0.15) is 4.31 Å². The predicted molar refractivity (Wildman–Crippen MR) is 101 cm³/mol. The smallest absolute Gasteiger partial charge is 0.251 e. The van der Waals surface area contributed by atoms with Crippen LogP contribution in [0.15, 0.2) is 53.4 Å². The van der Waals surface area contributed by atoms with E-state index in [9.17, 15) is 13.2 Å². The number of benzene rings is 2. The first-order chi connectivity index (χ1) is 12.5. The highest BCUT2D eigenvalue weighted by molar-refractivity contribution is 7.89. The van der Waals surface area contributed by atoms with E-state index in [2.05, 4.69) is 5.32 Å². The van der Waals surface area contributed by atoms with Crippen molar-refractivity contribution in [1.29, 1.82) is 0 Å². The molecule has 0 spiro atoms. The first-order valence-electron chi connectivity index (χ1n) is 8.70. The van der Waals surface area contributed by atoms with Crippen LogP contribution in [0.4, 0.5) is 5.69 Å². The summed E-state index contributed by atoms with van der Waals surface area (Å²) in [5.41, 5.74) is 7.23. The Morgan fingerprint density at radius 3 is 2.50 bits per heavy atom. The number of carbonyl (C=O) groups excluding carboxylic acids is 1. The van der Waals surface area contributed by atoms with E-state index in [1.165, 1.54) is 4.31 Å². The highest BCUT2D eigenvalue weighted by Gasteiger charge is 2.27. The molecule has 6 nitrogen and oxygen atoms in total. The molecule has 26 heavy (non-hydrogen) atoms. The second-order valence-corrected chi connectivity index (χ2v) is 8.29. The Kier molecular flexibility index (Phi) is 5.58. The van der Waals surface area contributed by atoms with E-state index in [0.29, 0.717) is 29.9 Å². The third-order valence-electron chi connectivity index (χ3n) is 4.49. The van der Waals surface area contributed by atoms with E-state index in [0.717, 1.165) is 19.3 Å². The number of amides is 1. The van der Waals surface area contributed by atoms with Gasteiger partial charge in [0.2, 0.25) is 10.0 Å². The number of piperidine rings is 1. The number of nitrogens with zero attached hydrogens (tertiary/aromatic N) is 1. The second kappa shape index (κ2) is 7.88.